The maximum atomic E-state index is 13.8. The maximum absolute atomic E-state index is 13.8. The summed E-state index contributed by atoms with van der Waals surface area (Å²) < 4.78 is 22.2. The van der Waals surface area contributed by atoms with Gasteiger partial charge in [0, 0.05) is 50.3 Å². The first-order valence-electron chi connectivity index (χ1n) is 14.5. The Morgan fingerprint density at radius 1 is 0.583 bits per heavy atom. The lowest BCUT2D eigenvalue weighted by atomic mass is 9.95. The van der Waals surface area contributed by atoms with E-state index in [-0.39, 0.29) is 56.2 Å². The van der Waals surface area contributed by atoms with E-state index in [1.54, 1.807) is 30.3 Å². The topological polar surface area (TPSA) is 122 Å². The molecular weight excluding hydrogens is 612 g/mol. The summed E-state index contributed by atoms with van der Waals surface area (Å²) >= 11 is 0. The van der Waals surface area contributed by atoms with Crippen molar-refractivity contribution in [3.05, 3.63) is 126 Å². The van der Waals surface area contributed by atoms with E-state index in [4.69, 9.17) is 18.9 Å². The van der Waals surface area contributed by atoms with Gasteiger partial charge in [-0.1, -0.05) is 50.6 Å². The number of fused-ring (bicyclic) bond motifs is 2. The van der Waals surface area contributed by atoms with Crippen LogP contribution in [0.5, 0.6) is 23.0 Å². The van der Waals surface area contributed by atoms with Gasteiger partial charge in [-0.2, -0.15) is 0 Å². The standard InChI is InChI=1S/C39H32O9/c1-21(2)36(41)45-27-15-13-25(33(20-27)47-38(43)23(5)6)14-17-31(40)29-16-18-32(46-37(42)22(3)4)34-30(29)19-26-11-9-10-12-28(26)35(34)48-39(44)24(7)8/h9-20H,1,3,5,7H2,2,4,6,8H3/b17-14+. The summed E-state index contributed by atoms with van der Waals surface area (Å²) in [7, 11) is 0. The zero-order chi connectivity index (χ0) is 35.3. The van der Waals surface area contributed by atoms with Crippen molar-refractivity contribution in [3.8, 4) is 23.0 Å². The van der Waals surface area contributed by atoms with E-state index < -0.39 is 29.7 Å². The van der Waals surface area contributed by atoms with Crippen LogP contribution < -0.4 is 18.9 Å². The zero-order valence-electron chi connectivity index (χ0n) is 26.9. The molecule has 0 saturated carbocycles. The molecule has 4 aromatic carbocycles. The Kier molecular flexibility index (Phi) is 10.3. The molecule has 0 fully saturated rings. The molecule has 48 heavy (non-hydrogen) atoms. The number of ether oxygens (including phenoxy) is 4. The second kappa shape index (κ2) is 14.4. The molecule has 9 nitrogen and oxygen atoms in total. The molecule has 0 saturated heterocycles. The number of carbonyl (C=O) groups excluding carboxylic acids is 5. The Balaban J connectivity index is 1.89. The molecule has 0 unspecified atom stereocenters. The molecule has 0 aliphatic rings. The summed E-state index contributed by atoms with van der Waals surface area (Å²) in [5.41, 5.74) is 1.06. The number of hydrogen-bond acceptors (Lipinski definition) is 9. The molecule has 0 N–H and O–H groups in total. The monoisotopic (exact) mass is 644 g/mol. The van der Waals surface area contributed by atoms with Crippen molar-refractivity contribution < 1.29 is 42.9 Å². The van der Waals surface area contributed by atoms with Crippen LogP contribution in [0, 0.1) is 0 Å². The van der Waals surface area contributed by atoms with Crippen LogP contribution in [-0.2, 0) is 19.2 Å². The van der Waals surface area contributed by atoms with Crippen molar-refractivity contribution in [2.24, 2.45) is 0 Å². The summed E-state index contributed by atoms with van der Waals surface area (Å²) in [6.07, 6.45) is 2.69. The molecule has 0 heterocycles. The zero-order valence-corrected chi connectivity index (χ0v) is 26.9. The quantitative estimate of drug-likeness (QED) is 0.0529. The third kappa shape index (κ3) is 7.71. The van der Waals surface area contributed by atoms with E-state index >= 15 is 0 Å². The van der Waals surface area contributed by atoms with Gasteiger partial charge in [0.25, 0.3) is 0 Å². The molecule has 4 aromatic rings. The van der Waals surface area contributed by atoms with Crippen LogP contribution in [-0.4, -0.2) is 29.7 Å². The van der Waals surface area contributed by atoms with Crippen LogP contribution in [0.4, 0.5) is 0 Å². The van der Waals surface area contributed by atoms with E-state index in [9.17, 15) is 24.0 Å². The fraction of sp³-hybridized carbons (Fsp3) is 0.103. The Hall–Kier alpha value is -6.35. The predicted octanol–water partition coefficient (Wildman–Crippen LogP) is 7.82. The van der Waals surface area contributed by atoms with Crippen LogP contribution in [0.2, 0.25) is 0 Å². The Morgan fingerprint density at radius 2 is 1.15 bits per heavy atom. The van der Waals surface area contributed by atoms with Crippen LogP contribution in [0.15, 0.2) is 115 Å². The number of rotatable bonds is 11. The fourth-order valence-corrected chi connectivity index (χ4v) is 4.32. The lowest BCUT2D eigenvalue weighted by molar-refractivity contribution is -0.131. The molecule has 0 spiro atoms. The SMILES string of the molecule is C=C(C)C(=O)Oc1ccc(/C=C/C(=O)c2ccc(OC(=O)C(=C)C)c3c(OC(=O)C(=C)C)c4ccccc4cc23)c(OC(=O)C(=C)C)c1. The van der Waals surface area contributed by atoms with Crippen LogP contribution in [0.25, 0.3) is 27.6 Å². The van der Waals surface area contributed by atoms with Gasteiger partial charge >= 0.3 is 23.9 Å². The Labute approximate surface area is 277 Å². The molecule has 9 heteroatoms. The molecule has 0 bridgehead atoms. The minimum atomic E-state index is -0.728. The number of benzene rings is 4. The first-order chi connectivity index (χ1) is 22.7. The molecule has 0 aliphatic heterocycles. The molecule has 0 aromatic heterocycles. The minimum absolute atomic E-state index is 0.00552. The average Bonchev–Trinajstić information content (AvgIpc) is 3.03. The second-order valence-corrected chi connectivity index (χ2v) is 11.0. The van der Waals surface area contributed by atoms with Crippen molar-refractivity contribution in [1.82, 2.24) is 0 Å². The van der Waals surface area contributed by atoms with E-state index in [0.29, 0.717) is 21.7 Å². The molecule has 0 radical (unpaired) electrons. The van der Waals surface area contributed by atoms with Gasteiger partial charge in [0.15, 0.2) is 11.5 Å². The van der Waals surface area contributed by atoms with Gasteiger partial charge in [-0.25, -0.2) is 19.2 Å². The minimum Gasteiger partial charge on any atom is -0.423 e. The van der Waals surface area contributed by atoms with E-state index in [0.717, 1.165) is 0 Å². The largest absolute Gasteiger partial charge is 0.423 e. The summed E-state index contributed by atoms with van der Waals surface area (Å²) in [5, 5.41) is 1.71. The van der Waals surface area contributed by atoms with E-state index in [2.05, 4.69) is 26.3 Å². The van der Waals surface area contributed by atoms with Gasteiger partial charge in [-0.15, -0.1) is 0 Å². The van der Waals surface area contributed by atoms with Crippen LogP contribution in [0.1, 0.15) is 43.6 Å². The molecular formula is C39H32O9. The molecule has 0 amide bonds. The molecule has 4 rings (SSSR count). The van der Waals surface area contributed by atoms with Gasteiger partial charge in [0.2, 0.25) is 0 Å². The third-order valence-corrected chi connectivity index (χ3v) is 6.81. The number of esters is 4. The van der Waals surface area contributed by atoms with Crippen molar-refractivity contribution in [2.45, 2.75) is 27.7 Å². The van der Waals surface area contributed by atoms with Gasteiger partial charge in [-0.3, -0.25) is 4.79 Å². The summed E-state index contributed by atoms with van der Waals surface area (Å²) in [5.74, 6) is -3.09. The average molecular weight is 645 g/mol. The van der Waals surface area contributed by atoms with Gasteiger partial charge in [-0.05, 0) is 75.6 Å². The summed E-state index contributed by atoms with van der Waals surface area (Å²) in [6, 6.07) is 16.0. The molecule has 0 atom stereocenters. The lowest BCUT2D eigenvalue weighted by Crippen LogP contribution is -2.12. The summed E-state index contributed by atoms with van der Waals surface area (Å²) in [6.45, 7) is 20.4. The number of hydrogen-bond donors (Lipinski definition) is 0. The highest BCUT2D eigenvalue weighted by Gasteiger charge is 2.23. The highest BCUT2D eigenvalue weighted by molar-refractivity contribution is 6.20. The van der Waals surface area contributed by atoms with Gasteiger partial charge in [0.05, 0.1) is 5.39 Å². The van der Waals surface area contributed by atoms with Crippen LogP contribution in [0.3, 0.4) is 0 Å². The van der Waals surface area contributed by atoms with Crippen molar-refractivity contribution in [2.75, 3.05) is 0 Å². The van der Waals surface area contributed by atoms with Crippen molar-refractivity contribution >= 4 is 57.3 Å². The van der Waals surface area contributed by atoms with Crippen molar-refractivity contribution in [1.29, 1.82) is 0 Å². The normalized spacial score (nSPS) is 10.8. The first kappa shape index (κ1) is 34.5. The predicted molar refractivity (Wildman–Crippen MR) is 183 cm³/mol. The fourth-order valence-electron chi connectivity index (χ4n) is 4.32. The third-order valence-electron chi connectivity index (χ3n) is 6.81. The highest BCUT2D eigenvalue weighted by atomic mass is 16.6. The Bertz CT molecular complexity index is 2130. The van der Waals surface area contributed by atoms with Gasteiger partial charge < -0.3 is 18.9 Å². The molecule has 242 valence electrons. The lowest BCUT2D eigenvalue weighted by Gasteiger charge is -2.17. The van der Waals surface area contributed by atoms with Crippen molar-refractivity contribution in [3.63, 3.8) is 0 Å². The van der Waals surface area contributed by atoms with Crippen LogP contribution >= 0.6 is 0 Å². The maximum Gasteiger partial charge on any atom is 0.338 e. The van der Waals surface area contributed by atoms with Gasteiger partial charge in [0.1, 0.15) is 17.2 Å². The first-order valence-corrected chi connectivity index (χ1v) is 14.5. The highest BCUT2D eigenvalue weighted by Crippen LogP contribution is 2.42. The Morgan fingerprint density at radius 3 is 1.77 bits per heavy atom. The number of allylic oxidation sites excluding steroid dienone is 1. The summed E-state index contributed by atoms with van der Waals surface area (Å²) in [4.78, 5) is 63.7. The molecule has 0 aliphatic carbocycles. The van der Waals surface area contributed by atoms with E-state index in [1.165, 1.54) is 70.2 Å². The number of carbonyl (C=O) groups is 5. The van der Waals surface area contributed by atoms with E-state index in [1.807, 2.05) is 0 Å². The second-order valence-electron chi connectivity index (χ2n) is 11.0. The smallest absolute Gasteiger partial charge is 0.338 e. The number of ketones is 1.